The van der Waals surface area contributed by atoms with E-state index in [0.29, 0.717) is 13.1 Å². The minimum Gasteiger partial charge on any atom is -0.353 e. The van der Waals surface area contributed by atoms with Crippen molar-refractivity contribution in [3.8, 4) is 0 Å². The number of piperazine rings is 1. The summed E-state index contributed by atoms with van der Waals surface area (Å²) in [6.07, 6.45) is 3.39. The Balaban J connectivity index is 1.76. The molecule has 0 saturated carbocycles. The molecule has 1 N–H and O–H groups in total. The summed E-state index contributed by atoms with van der Waals surface area (Å²) in [6, 6.07) is 5.84. The van der Waals surface area contributed by atoms with E-state index >= 15 is 0 Å². The van der Waals surface area contributed by atoms with Crippen LogP contribution < -0.4 is 10.2 Å². The third-order valence-electron chi connectivity index (χ3n) is 4.38. The number of carbonyl (C=O) groups excluding carboxylic acids is 2. The molecule has 126 valence electrons. The summed E-state index contributed by atoms with van der Waals surface area (Å²) in [6.45, 7) is 6.94. The maximum atomic E-state index is 12.2. The van der Waals surface area contributed by atoms with Gasteiger partial charge >= 0.3 is 0 Å². The van der Waals surface area contributed by atoms with E-state index < -0.39 is 0 Å². The summed E-state index contributed by atoms with van der Waals surface area (Å²) >= 11 is 0. The maximum Gasteiger partial charge on any atom is 0.242 e. The van der Waals surface area contributed by atoms with Gasteiger partial charge in [-0.2, -0.15) is 0 Å². The van der Waals surface area contributed by atoms with E-state index in [4.69, 9.17) is 0 Å². The smallest absolute Gasteiger partial charge is 0.242 e. The highest BCUT2D eigenvalue weighted by molar-refractivity contribution is 5.85. The third kappa shape index (κ3) is 4.68. The number of anilines is 1. The molecule has 1 saturated heterocycles. The number of amides is 2. The molecular weight excluding hydrogens is 292 g/mol. The van der Waals surface area contributed by atoms with Crippen LogP contribution in [0.1, 0.15) is 26.7 Å². The Labute approximate surface area is 137 Å². The number of hydrogen-bond donors (Lipinski definition) is 1. The van der Waals surface area contributed by atoms with Gasteiger partial charge in [0.1, 0.15) is 5.82 Å². The molecule has 1 aliphatic rings. The molecule has 2 rings (SSSR count). The van der Waals surface area contributed by atoms with Crippen LogP contribution in [0.2, 0.25) is 0 Å². The molecule has 1 fully saturated rings. The Morgan fingerprint density at radius 1 is 1.17 bits per heavy atom. The normalized spacial score (nSPS) is 14.9. The summed E-state index contributed by atoms with van der Waals surface area (Å²) in [7, 11) is 0. The van der Waals surface area contributed by atoms with Crippen molar-refractivity contribution < 1.29 is 9.59 Å². The zero-order chi connectivity index (χ0) is 16.7. The van der Waals surface area contributed by atoms with E-state index in [1.54, 1.807) is 6.20 Å². The van der Waals surface area contributed by atoms with Gasteiger partial charge in [0.15, 0.2) is 0 Å². The van der Waals surface area contributed by atoms with Crippen LogP contribution in [0.3, 0.4) is 0 Å². The van der Waals surface area contributed by atoms with Gasteiger partial charge in [-0.15, -0.1) is 0 Å². The monoisotopic (exact) mass is 318 g/mol. The van der Waals surface area contributed by atoms with Crippen LogP contribution in [0.15, 0.2) is 24.4 Å². The van der Waals surface area contributed by atoms with Crippen LogP contribution in [0.25, 0.3) is 0 Å². The molecule has 0 bridgehead atoms. The van der Waals surface area contributed by atoms with Gasteiger partial charge in [0, 0.05) is 38.3 Å². The number of nitrogens with zero attached hydrogens (tertiary/aromatic N) is 3. The van der Waals surface area contributed by atoms with Crippen molar-refractivity contribution in [2.75, 3.05) is 37.6 Å². The predicted octanol–water partition coefficient (Wildman–Crippen LogP) is 1.28. The Morgan fingerprint density at radius 2 is 1.87 bits per heavy atom. The molecule has 6 heteroatoms. The van der Waals surface area contributed by atoms with Gasteiger partial charge in [-0.25, -0.2) is 4.98 Å². The van der Waals surface area contributed by atoms with Gasteiger partial charge in [0.25, 0.3) is 0 Å². The molecule has 6 nitrogen and oxygen atoms in total. The van der Waals surface area contributed by atoms with E-state index in [9.17, 15) is 9.59 Å². The number of nitrogens with one attached hydrogen (secondary N) is 1. The van der Waals surface area contributed by atoms with Crippen molar-refractivity contribution in [2.24, 2.45) is 5.92 Å². The average molecular weight is 318 g/mol. The SMILES string of the molecule is CCC(CC)C(=O)NCC(=O)N1CCN(c2ccccn2)CC1. The van der Waals surface area contributed by atoms with E-state index in [1.165, 1.54) is 0 Å². The van der Waals surface area contributed by atoms with Crippen LogP contribution >= 0.6 is 0 Å². The second kappa shape index (κ2) is 8.50. The van der Waals surface area contributed by atoms with Gasteiger partial charge < -0.3 is 15.1 Å². The fraction of sp³-hybridized carbons (Fsp3) is 0.588. The first-order chi connectivity index (χ1) is 11.2. The Hall–Kier alpha value is -2.11. The minimum absolute atomic E-state index is 0.00352. The molecule has 23 heavy (non-hydrogen) atoms. The Kier molecular flexibility index (Phi) is 6.38. The Morgan fingerprint density at radius 3 is 2.43 bits per heavy atom. The second-order valence-corrected chi connectivity index (χ2v) is 5.79. The lowest BCUT2D eigenvalue weighted by molar-refractivity contribution is -0.134. The number of rotatable bonds is 6. The van der Waals surface area contributed by atoms with Crippen molar-refractivity contribution in [2.45, 2.75) is 26.7 Å². The maximum absolute atomic E-state index is 12.2. The Bertz CT molecular complexity index is 509. The van der Waals surface area contributed by atoms with Crippen LogP contribution in [0, 0.1) is 5.92 Å². The quantitative estimate of drug-likeness (QED) is 0.858. The number of pyridine rings is 1. The van der Waals surface area contributed by atoms with Crippen molar-refractivity contribution in [1.29, 1.82) is 0 Å². The fourth-order valence-corrected chi connectivity index (χ4v) is 2.80. The summed E-state index contributed by atoms with van der Waals surface area (Å²) < 4.78 is 0. The molecule has 2 heterocycles. The first kappa shape index (κ1) is 17.2. The molecule has 2 amide bonds. The van der Waals surface area contributed by atoms with Crippen molar-refractivity contribution in [3.05, 3.63) is 24.4 Å². The van der Waals surface area contributed by atoms with Crippen molar-refractivity contribution in [3.63, 3.8) is 0 Å². The summed E-state index contributed by atoms with van der Waals surface area (Å²) in [5, 5.41) is 2.77. The highest BCUT2D eigenvalue weighted by Gasteiger charge is 2.22. The summed E-state index contributed by atoms with van der Waals surface area (Å²) in [4.78, 5) is 32.5. The lowest BCUT2D eigenvalue weighted by Gasteiger charge is -2.35. The molecule has 1 aromatic heterocycles. The first-order valence-electron chi connectivity index (χ1n) is 8.37. The average Bonchev–Trinajstić information content (AvgIpc) is 2.61. The van der Waals surface area contributed by atoms with Crippen LogP contribution in [-0.4, -0.2) is 54.4 Å². The number of aromatic nitrogens is 1. The summed E-state index contributed by atoms with van der Waals surface area (Å²) in [5.74, 6) is 0.922. The molecule has 0 unspecified atom stereocenters. The van der Waals surface area contributed by atoms with Crippen LogP contribution in [0.4, 0.5) is 5.82 Å². The van der Waals surface area contributed by atoms with Gasteiger partial charge in [-0.05, 0) is 25.0 Å². The highest BCUT2D eigenvalue weighted by Crippen LogP contribution is 2.12. The van der Waals surface area contributed by atoms with E-state index in [0.717, 1.165) is 31.7 Å². The van der Waals surface area contributed by atoms with Gasteiger partial charge in [0.2, 0.25) is 11.8 Å². The van der Waals surface area contributed by atoms with Crippen LogP contribution in [0.5, 0.6) is 0 Å². The molecule has 0 aromatic carbocycles. The fourth-order valence-electron chi connectivity index (χ4n) is 2.80. The third-order valence-corrected chi connectivity index (χ3v) is 4.38. The molecule has 1 aliphatic heterocycles. The van der Waals surface area contributed by atoms with Crippen molar-refractivity contribution in [1.82, 2.24) is 15.2 Å². The van der Waals surface area contributed by atoms with Gasteiger partial charge in [-0.3, -0.25) is 9.59 Å². The van der Waals surface area contributed by atoms with Gasteiger partial charge in [0.05, 0.1) is 6.54 Å². The first-order valence-corrected chi connectivity index (χ1v) is 8.37. The zero-order valence-corrected chi connectivity index (χ0v) is 14.0. The van der Waals surface area contributed by atoms with E-state index in [-0.39, 0.29) is 24.3 Å². The molecule has 0 spiro atoms. The number of carbonyl (C=O) groups is 2. The topological polar surface area (TPSA) is 65.5 Å². The lowest BCUT2D eigenvalue weighted by Crippen LogP contribution is -2.51. The van der Waals surface area contributed by atoms with E-state index in [1.807, 2.05) is 36.9 Å². The highest BCUT2D eigenvalue weighted by atomic mass is 16.2. The van der Waals surface area contributed by atoms with Gasteiger partial charge in [-0.1, -0.05) is 19.9 Å². The minimum atomic E-state index is -0.0181. The molecule has 0 atom stereocenters. The standard InChI is InChI=1S/C17H26N4O2/c1-3-14(4-2)17(23)19-13-16(22)21-11-9-20(10-12-21)15-7-5-6-8-18-15/h5-8,14H,3-4,9-13H2,1-2H3,(H,19,23). The zero-order valence-electron chi connectivity index (χ0n) is 14.0. The number of hydrogen-bond acceptors (Lipinski definition) is 4. The van der Waals surface area contributed by atoms with E-state index in [2.05, 4.69) is 15.2 Å². The van der Waals surface area contributed by atoms with Crippen LogP contribution in [-0.2, 0) is 9.59 Å². The predicted molar refractivity (Wildman–Crippen MR) is 90.1 cm³/mol. The molecule has 0 aliphatic carbocycles. The lowest BCUT2D eigenvalue weighted by atomic mass is 10.0. The van der Waals surface area contributed by atoms with Crippen molar-refractivity contribution >= 4 is 17.6 Å². The largest absolute Gasteiger partial charge is 0.353 e. The second-order valence-electron chi connectivity index (χ2n) is 5.79. The molecular formula is C17H26N4O2. The molecule has 0 radical (unpaired) electrons. The molecule has 1 aromatic rings. The summed E-state index contributed by atoms with van der Waals surface area (Å²) in [5.41, 5.74) is 0.